The Bertz CT molecular complexity index is 1320. The van der Waals surface area contributed by atoms with E-state index in [1.54, 1.807) is 0 Å². The predicted molar refractivity (Wildman–Crippen MR) is 114 cm³/mol. The van der Waals surface area contributed by atoms with E-state index in [-0.39, 0.29) is 81.6 Å². The fourth-order valence-electron chi connectivity index (χ4n) is 3.27. The number of pyridine rings is 1. The molecule has 0 spiro atoms. The molecule has 0 bridgehead atoms. The Morgan fingerprint density at radius 2 is 1.81 bits per heavy atom. The molecule has 0 unspecified atom stereocenters. The van der Waals surface area contributed by atoms with Crippen molar-refractivity contribution in [3.05, 3.63) is 76.2 Å². The summed E-state index contributed by atoms with van der Waals surface area (Å²) >= 11 is 0. The number of urea groups is 1. The molecule has 36 heavy (non-hydrogen) atoms. The number of halogens is 2. The summed E-state index contributed by atoms with van der Waals surface area (Å²) in [7, 11) is 2.72. The Kier molecular flexibility index (Phi) is 12.1. The zero-order chi connectivity index (χ0) is 25.0. The van der Waals surface area contributed by atoms with Gasteiger partial charge in [0.1, 0.15) is 23.1 Å². The number of carboxylic acid groups (broad SMARTS) is 1. The molecular weight excluding hydrogens is 498 g/mol. The van der Waals surface area contributed by atoms with Gasteiger partial charge in [0, 0.05) is 37.3 Å². The van der Waals surface area contributed by atoms with Crippen LogP contribution in [0.25, 0.3) is 11.1 Å². The van der Waals surface area contributed by atoms with Crippen LogP contribution in [0.3, 0.4) is 0 Å². The summed E-state index contributed by atoms with van der Waals surface area (Å²) in [5.74, 6) is -3.67. The first-order valence-corrected chi connectivity index (χ1v) is 9.87. The minimum absolute atomic E-state index is 0. The summed E-state index contributed by atoms with van der Waals surface area (Å²) in [6.45, 7) is 0. The quantitative estimate of drug-likeness (QED) is 0.303. The van der Waals surface area contributed by atoms with Gasteiger partial charge in [-0.05, 0) is 41.5 Å². The Balaban J connectivity index is 0.00000324. The SMILES string of the molecule is COc1cc(-c2ccc(F)cc2F)cc([C@H](CC(=O)[O-])NC(=O)Nc2c([O-])ccn(C)c2=O)c1.[Na+].[Na+]. The largest absolute Gasteiger partial charge is 1.00 e. The number of anilines is 1. The van der Waals surface area contributed by atoms with Gasteiger partial charge in [-0.25, -0.2) is 13.6 Å². The summed E-state index contributed by atoms with van der Waals surface area (Å²) in [6.07, 6.45) is 0.544. The van der Waals surface area contributed by atoms with Crippen molar-refractivity contribution < 1.29 is 92.4 Å². The van der Waals surface area contributed by atoms with Crippen LogP contribution in [-0.4, -0.2) is 23.7 Å². The second kappa shape index (κ2) is 13.8. The molecule has 0 saturated heterocycles. The summed E-state index contributed by atoms with van der Waals surface area (Å²) in [5.41, 5.74) is -0.831. The van der Waals surface area contributed by atoms with Gasteiger partial charge in [-0.3, -0.25) is 4.79 Å². The zero-order valence-electron chi connectivity index (χ0n) is 20.1. The van der Waals surface area contributed by atoms with Gasteiger partial charge in [0.25, 0.3) is 5.56 Å². The number of amides is 2. The number of nitrogens with one attached hydrogen (secondary N) is 2. The molecule has 13 heteroatoms. The molecule has 2 amide bonds. The van der Waals surface area contributed by atoms with Crippen LogP contribution in [0.5, 0.6) is 11.5 Å². The number of aryl methyl sites for hydroxylation is 1. The molecule has 3 rings (SSSR count). The number of aliphatic carboxylic acids is 1. The molecule has 1 aromatic heterocycles. The van der Waals surface area contributed by atoms with Gasteiger partial charge in [0.2, 0.25) is 0 Å². The van der Waals surface area contributed by atoms with Gasteiger partial charge in [0.05, 0.1) is 13.2 Å². The monoisotopic (exact) mass is 517 g/mol. The number of methoxy groups -OCH3 is 1. The van der Waals surface area contributed by atoms with Gasteiger partial charge in [-0.1, -0.05) is 11.8 Å². The van der Waals surface area contributed by atoms with Crippen LogP contribution in [0.2, 0.25) is 0 Å². The van der Waals surface area contributed by atoms with Crippen molar-refractivity contribution in [1.29, 1.82) is 0 Å². The smallest absolute Gasteiger partial charge is 0.871 e. The number of ether oxygens (including phenoxy) is 1. The number of carbonyl (C=O) groups is 2. The van der Waals surface area contributed by atoms with E-state index in [0.717, 1.165) is 16.7 Å². The van der Waals surface area contributed by atoms with E-state index < -0.39 is 53.1 Å². The number of benzene rings is 2. The van der Waals surface area contributed by atoms with Gasteiger partial charge < -0.3 is 34.9 Å². The third-order valence-electron chi connectivity index (χ3n) is 4.95. The van der Waals surface area contributed by atoms with E-state index in [1.165, 1.54) is 44.6 Å². The number of carbonyl (C=O) groups excluding carboxylic acids is 2. The molecule has 0 saturated carbocycles. The normalized spacial score (nSPS) is 10.9. The third-order valence-corrected chi connectivity index (χ3v) is 4.95. The van der Waals surface area contributed by atoms with Crippen molar-refractivity contribution in [3.8, 4) is 22.6 Å². The average Bonchev–Trinajstić information content (AvgIpc) is 2.78. The first-order valence-electron chi connectivity index (χ1n) is 9.87. The molecule has 0 radical (unpaired) electrons. The second-order valence-electron chi connectivity index (χ2n) is 7.32. The molecule has 0 aliphatic heterocycles. The molecule has 1 atom stereocenters. The number of carboxylic acids is 1. The van der Waals surface area contributed by atoms with Crippen molar-refractivity contribution >= 4 is 17.7 Å². The molecule has 0 aliphatic rings. The van der Waals surface area contributed by atoms with E-state index >= 15 is 0 Å². The average molecular weight is 517 g/mol. The molecule has 0 fully saturated rings. The molecule has 9 nitrogen and oxygen atoms in total. The summed E-state index contributed by atoms with van der Waals surface area (Å²) < 4.78 is 34.0. The van der Waals surface area contributed by atoms with Gasteiger partial charge in [-0.15, -0.1) is 0 Å². The standard InChI is InChI=1S/C23H21F2N3O6.2Na/c1-28-6-5-19(29)21(22(28)32)27-23(33)26-18(11-20(30)31)13-7-12(8-15(9-13)34-2)16-4-3-14(24)10-17(16)25;;/h3-10,18,29H,11H2,1-2H3,(H,30,31)(H2,26,27,33);;/q;2*+1/p-2/t18-;;/m0../s1. The molecule has 1 heterocycles. The molecule has 0 aliphatic carbocycles. The predicted octanol–water partition coefficient (Wildman–Crippen LogP) is -4.58. The first kappa shape index (κ1) is 31.6. The molecule has 178 valence electrons. The van der Waals surface area contributed by atoms with E-state index in [9.17, 15) is 33.4 Å². The van der Waals surface area contributed by atoms with Crippen LogP contribution >= 0.6 is 0 Å². The number of rotatable bonds is 7. The molecule has 2 aromatic carbocycles. The van der Waals surface area contributed by atoms with Crippen molar-refractivity contribution in [2.45, 2.75) is 12.5 Å². The van der Waals surface area contributed by atoms with E-state index in [0.29, 0.717) is 6.07 Å². The maximum absolute atomic E-state index is 14.3. The van der Waals surface area contributed by atoms with Crippen LogP contribution in [0.4, 0.5) is 19.3 Å². The van der Waals surface area contributed by atoms with Gasteiger partial charge >= 0.3 is 65.1 Å². The number of hydrogen-bond donors (Lipinski definition) is 2. The Labute approximate surface area is 249 Å². The van der Waals surface area contributed by atoms with Crippen LogP contribution in [0, 0.1) is 11.6 Å². The second-order valence-corrected chi connectivity index (χ2v) is 7.32. The van der Waals surface area contributed by atoms with Crippen molar-refractivity contribution in [2.75, 3.05) is 12.4 Å². The summed E-state index contributed by atoms with van der Waals surface area (Å²) in [4.78, 5) is 36.0. The minimum atomic E-state index is -1.51. The van der Waals surface area contributed by atoms with Crippen LogP contribution < -0.4 is 90.3 Å². The Morgan fingerprint density at radius 3 is 2.42 bits per heavy atom. The fourth-order valence-corrected chi connectivity index (χ4v) is 3.27. The van der Waals surface area contributed by atoms with Gasteiger partial charge in [-0.2, -0.15) is 0 Å². The first-order chi connectivity index (χ1) is 16.1. The molecule has 3 aromatic rings. The number of nitrogens with zero attached hydrogens (tertiary/aromatic N) is 1. The van der Waals surface area contributed by atoms with E-state index in [4.69, 9.17) is 4.74 Å². The van der Waals surface area contributed by atoms with E-state index in [2.05, 4.69) is 10.6 Å². The Morgan fingerprint density at radius 1 is 1.11 bits per heavy atom. The van der Waals surface area contributed by atoms with Crippen molar-refractivity contribution in [1.82, 2.24) is 9.88 Å². The van der Waals surface area contributed by atoms with Crippen LogP contribution in [0.1, 0.15) is 18.0 Å². The maximum Gasteiger partial charge on any atom is 1.00 e. The van der Waals surface area contributed by atoms with Crippen LogP contribution in [0.15, 0.2) is 53.5 Å². The Hall–Kier alpha value is -2.41. The maximum atomic E-state index is 14.3. The topological polar surface area (TPSA) is 136 Å². The van der Waals surface area contributed by atoms with Gasteiger partial charge in [0.15, 0.2) is 0 Å². The van der Waals surface area contributed by atoms with Crippen LogP contribution in [-0.2, 0) is 11.8 Å². The molecular formula is C23H19F2N3Na2O6. The summed E-state index contributed by atoms with van der Waals surface area (Å²) in [6, 6.07) is 6.07. The van der Waals surface area contributed by atoms with Crippen molar-refractivity contribution in [2.24, 2.45) is 7.05 Å². The molecule has 2 N–H and O–H groups in total. The van der Waals surface area contributed by atoms with E-state index in [1.807, 2.05) is 0 Å². The minimum Gasteiger partial charge on any atom is -0.871 e. The zero-order valence-corrected chi connectivity index (χ0v) is 24.1. The van der Waals surface area contributed by atoms with Crippen molar-refractivity contribution in [3.63, 3.8) is 0 Å². The number of hydrogen-bond acceptors (Lipinski definition) is 6. The third kappa shape index (κ3) is 7.79. The fraction of sp³-hybridized carbons (Fsp3) is 0.174. The number of aromatic nitrogens is 1. The summed E-state index contributed by atoms with van der Waals surface area (Å²) in [5, 5.41) is 27.8.